The summed E-state index contributed by atoms with van der Waals surface area (Å²) in [6.07, 6.45) is 0.481. The molecule has 8 nitrogen and oxygen atoms in total. The average Bonchev–Trinajstić information content (AvgIpc) is 3.06. The van der Waals surface area contributed by atoms with Crippen LogP contribution >= 0.6 is 0 Å². The second kappa shape index (κ2) is 9.64. The Morgan fingerprint density at radius 1 is 0.906 bits per heavy atom. The van der Waals surface area contributed by atoms with Gasteiger partial charge in [0.05, 0.1) is 40.1 Å². The molecule has 1 heterocycles. The van der Waals surface area contributed by atoms with E-state index in [1.54, 1.807) is 38.5 Å². The molecular weight excluding hydrogens is 414 g/mol. The summed E-state index contributed by atoms with van der Waals surface area (Å²) in [6.45, 7) is 1.61. The molecule has 0 radical (unpaired) electrons. The van der Waals surface area contributed by atoms with Crippen LogP contribution in [-0.4, -0.2) is 56.7 Å². The lowest BCUT2D eigenvalue weighted by Gasteiger charge is -2.27. The number of methoxy groups -OCH3 is 4. The second-order valence-corrected chi connectivity index (χ2v) is 7.27. The number of aliphatic hydroxyl groups excluding tert-OH is 1. The number of hydrogen-bond acceptors (Lipinski definition) is 7. The van der Waals surface area contributed by atoms with Gasteiger partial charge in [-0.1, -0.05) is 12.1 Å². The molecule has 0 saturated carbocycles. The molecule has 8 heteroatoms. The molecule has 0 aromatic heterocycles. The number of benzene rings is 2. The van der Waals surface area contributed by atoms with Crippen LogP contribution in [0, 0.1) is 0 Å². The van der Waals surface area contributed by atoms with Crippen molar-refractivity contribution in [3.63, 3.8) is 0 Å². The van der Waals surface area contributed by atoms with E-state index in [0.29, 0.717) is 35.0 Å². The lowest BCUT2D eigenvalue weighted by Crippen LogP contribution is -2.33. The quantitative estimate of drug-likeness (QED) is 0.638. The molecule has 0 saturated heterocycles. The third kappa shape index (κ3) is 4.21. The summed E-state index contributed by atoms with van der Waals surface area (Å²) in [4.78, 5) is 26.7. The first-order valence-corrected chi connectivity index (χ1v) is 10.0. The van der Waals surface area contributed by atoms with Gasteiger partial charge in [-0.15, -0.1) is 0 Å². The van der Waals surface area contributed by atoms with Crippen LogP contribution in [0.2, 0.25) is 0 Å². The number of hydrogen-bond donors (Lipinski definition) is 1. The predicted octanol–water partition coefficient (Wildman–Crippen LogP) is 3.25. The number of carbonyl (C=O) groups excluding carboxylic acids is 2. The normalized spacial score (nSPS) is 15.7. The molecule has 0 fully saturated rings. The van der Waals surface area contributed by atoms with Crippen molar-refractivity contribution in [2.75, 3.05) is 35.0 Å². The predicted molar refractivity (Wildman–Crippen MR) is 118 cm³/mol. The summed E-state index contributed by atoms with van der Waals surface area (Å²) in [5, 5.41) is 10.5. The van der Waals surface area contributed by atoms with Crippen molar-refractivity contribution in [2.45, 2.75) is 19.4 Å². The number of amides is 1. The zero-order valence-corrected chi connectivity index (χ0v) is 18.8. The lowest BCUT2D eigenvalue weighted by atomic mass is 9.96. The highest BCUT2D eigenvalue weighted by Crippen LogP contribution is 2.41. The van der Waals surface area contributed by atoms with Crippen LogP contribution in [0.25, 0.3) is 0 Å². The topological polar surface area (TPSA) is 94.5 Å². The van der Waals surface area contributed by atoms with E-state index >= 15 is 0 Å². The van der Waals surface area contributed by atoms with Crippen LogP contribution in [0.15, 0.2) is 47.7 Å². The van der Waals surface area contributed by atoms with Crippen LogP contribution in [0.4, 0.5) is 0 Å². The third-order valence-electron chi connectivity index (χ3n) is 5.50. The van der Waals surface area contributed by atoms with Gasteiger partial charge in [0.15, 0.2) is 34.5 Å². The van der Waals surface area contributed by atoms with Crippen LogP contribution in [0.3, 0.4) is 0 Å². The first-order chi connectivity index (χ1) is 15.4. The minimum absolute atomic E-state index is 0.0644. The Kier molecular flexibility index (Phi) is 6.92. The number of carbonyl (C=O) groups is 2. The van der Waals surface area contributed by atoms with Gasteiger partial charge < -0.3 is 29.0 Å². The summed E-state index contributed by atoms with van der Waals surface area (Å²) in [5.74, 6) is 0.695. The van der Waals surface area contributed by atoms with Crippen LogP contribution in [-0.2, 0) is 16.0 Å². The van der Waals surface area contributed by atoms with Crippen LogP contribution in [0.1, 0.15) is 24.1 Å². The Hall–Kier alpha value is -3.68. The van der Waals surface area contributed by atoms with Gasteiger partial charge in [-0.25, -0.2) is 0 Å². The highest BCUT2D eigenvalue weighted by atomic mass is 16.5. The molecule has 2 aromatic carbocycles. The van der Waals surface area contributed by atoms with E-state index < -0.39 is 17.7 Å². The summed E-state index contributed by atoms with van der Waals surface area (Å²) < 4.78 is 21.3. The van der Waals surface area contributed by atoms with Gasteiger partial charge in [-0.2, -0.15) is 0 Å². The molecule has 0 aliphatic carbocycles. The molecule has 2 aromatic rings. The number of ketones is 1. The summed E-state index contributed by atoms with van der Waals surface area (Å²) in [6, 6.07) is 9.95. The molecular formula is C24H27NO7. The van der Waals surface area contributed by atoms with Gasteiger partial charge in [0.2, 0.25) is 0 Å². The van der Waals surface area contributed by atoms with E-state index in [1.165, 1.54) is 26.0 Å². The van der Waals surface area contributed by atoms with Crippen molar-refractivity contribution in [3.05, 3.63) is 58.9 Å². The largest absolute Gasteiger partial charge is 0.503 e. The van der Waals surface area contributed by atoms with Crippen molar-refractivity contribution in [1.29, 1.82) is 0 Å². The fraction of sp³-hybridized carbons (Fsp3) is 0.333. The highest BCUT2D eigenvalue weighted by Gasteiger charge is 2.42. The molecule has 170 valence electrons. The molecule has 1 atom stereocenters. The third-order valence-corrected chi connectivity index (χ3v) is 5.50. The number of rotatable bonds is 9. The first-order valence-electron chi connectivity index (χ1n) is 10.0. The van der Waals surface area contributed by atoms with Crippen molar-refractivity contribution in [3.8, 4) is 23.0 Å². The fourth-order valence-electron chi connectivity index (χ4n) is 3.90. The maximum atomic E-state index is 12.9. The number of nitrogens with zero attached hydrogens (tertiary/aromatic N) is 1. The van der Waals surface area contributed by atoms with Gasteiger partial charge in [-0.05, 0) is 48.7 Å². The summed E-state index contributed by atoms with van der Waals surface area (Å²) in [7, 11) is 6.15. The highest BCUT2D eigenvalue weighted by molar-refractivity contribution is 6.08. The van der Waals surface area contributed by atoms with E-state index in [1.807, 2.05) is 12.1 Å². The molecule has 3 rings (SSSR count). The lowest BCUT2D eigenvalue weighted by molar-refractivity contribution is -0.129. The van der Waals surface area contributed by atoms with Gasteiger partial charge in [0.1, 0.15) is 0 Å². The minimum atomic E-state index is -0.736. The Morgan fingerprint density at radius 3 is 2.03 bits per heavy atom. The molecule has 0 bridgehead atoms. The van der Waals surface area contributed by atoms with E-state index in [9.17, 15) is 14.7 Å². The molecule has 1 unspecified atom stereocenters. The van der Waals surface area contributed by atoms with Crippen molar-refractivity contribution >= 4 is 11.7 Å². The van der Waals surface area contributed by atoms with E-state index in [0.717, 1.165) is 5.56 Å². The fourth-order valence-corrected chi connectivity index (χ4v) is 3.90. The Labute approximate surface area is 187 Å². The van der Waals surface area contributed by atoms with E-state index in [2.05, 4.69) is 0 Å². The van der Waals surface area contributed by atoms with Crippen molar-refractivity contribution < 1.29 is 33.6 Å². The monoisotopic (exact) mass is 441 g/mol. The molecule has 1 aliphatic rings. The minimum Gasteiger partial charge on any atom is -0.503 e. The molecule has 0 spiro atoms. The Bertz CT molecular complexity index is 1060. The zero-order chi connectivity index (χ0) is 23.4. The van der Waals surface area contributed by atoms with Gasteiger partial charge in [-0.3, -0.25) is 9.59 Å². The second-order valence-electron chi connectivity index (χ2n) is 7.27. The van der Waals surface area contributed by atoms with Crippen molar-refractivity contribution in [2.24, 2.45) is 0 Å². The van der Waals surface area contributed by atoms with Crippen LogP contribution in [0.5, 0.6) is 23.0 Å². The van der Waals surface area contributed by atoms with Crippen molar-refractivity contribution in [1.82, 2.24) is 4.90 Å². The zero-order valence-electron chi connectivity index (χ0n) is 18.8. The van der Waals surface area contributed by atoms with E-state index in [4.69, 9.17) is 18.9 Å². The number of ether oxygens (including phenoxy) is 4. The SMILES string of the molecule is COc1ccc(CCN2C(=O)C(O)=C(C(C)=O)C2c2ccc(OC)c(OC)c2)cc1OC. The van der Waals surface area contributed by atoms with Gasteiger partial charge in [0.25, 0.3) is 5.91 Å². The van der Waals surface area contributed by atoms with E-state index in [-0.39, 0.29) is 17.9 Å². The molecule has 1 N–H and O–H groups in total. The van der Waals surface area contributed by atoms with Gasteiger partial charge >= 0.3 is 0 Å². The molecule has 1 aliphatic heterocycles. The first kappa shape index (κ1) is 23.0. The average molecular weight is 441 g/mol. The summed E-state index contributed by atoms with van der Waals surface area (Å²) >= 11 is 0. The number of Topliss-reactive ketones (excluding diaryl/α,β-unsaturated/α-hetero) is 1. The molecule has 1 amide bonds. The maximum absolute atomic E-state index is 12.9. The summed E-state index contributed by atoms with van der Waals surface area (Å²) in [5.41, 5.74) is 1.62. The Balaban J connectivity index is 1.95. The Morgan fingerprint density at radius 2 is 1.47 bits per heavy atom. The van der Waals surface area contributed by atoms with Crippen LogP contribution < -0.4 is 18.9 Å². The smallest absolute Gasteiger partial charge is 0.290 e. The molecule has 32 heavy (non-hydrogen) atoms. The van der Waals surface area contributed by atoms with Gasteiger partial charge in [0, 0.05) is 6.54 Å². The maximum Gasteiger partial charge on any atom is 0.290 e. The standard InChI is InChI=1S/C24H27NO7/c1-14(26)21-22(16-7-9-18(30-3)20(13-16)32-5)25(24(28)23(21)27)11-10-15-6-8-17(29-2)19(12-15)31-4/h6-9,12-13,22,27H,10-11H2,1-5H3. The number of aliphatic hydroxyl groups is 1.